The molecule has 0 fully saturated rings. The first-order chi connectivity index (χ1) is 9.22. The Balaban J connectivity index is 1.80. The molecule has 0 spiro atoms. The summed E-state index contributed by atoms with van der Waals surface area (Å²) in [6.07, 6.45) is 0. The van der Waals surface area contributed by atoms with E-state index in [1.165, 1.54) is 18.2 Å². The van der Waals surface area contributed by atoms with Gasteiger partial charge in [0.25, 0.3) is 0 Å². The van der Waals surface area contributed by atoms with Crippen LogP contribution in [-0.4, -0.2) is 4.98 Å². The first-order valence-corrected chi connectivity index (χ1v) is 5.87. The SMILES string of the molecule is Fc1cccc(OCc2cc3c(F)cccc3[nH]2)c1. The Morgan fingerprint density at radius 1 is 1.00 bits per heavy atom. The average molecular weight is 259 g/mol. The van der Waals surface area contributed by atoms with Crippen LogP contribution in [0.5, 0.6) is 5.75 Å². The normalized spacial score (nSPS) is 10.8. The molecule has 0 aliphatic rings. The van der Waals surface area contributed by atoms with Crippen molar-refractivity contribution in [1.82, 2.24) is 4.98 Å². The van der Waals surface area contributed by atoms with E-state index in [9.17, 15) is 8.78 Å². The molecule has 1 aromatic heterocycles. The molecular weight excluding hydrogens is 248 g/mol. The van der Waals surface area contributed by atoms with E-state index in [-0.39, 0.29) is 18.2 Å². The van der Waals surface area contributed by atoms with Gasteiger partial charge in [0.1, 0.15) is 24.0 Å². The zero-order valence-electron chi connectivity index (χ0n) is 9.99. The Morgan fingerprint density at radius 3 is 2.63 bits per heavy atom. The van der Waals surface area contributed by atoms with Crippen molar-refractivity contribution in [2.24, 2.45) is 0 Å². The van der Waals surface area contributed by atoms with Crippen molar-refractivity contribution >= 4 is 10.9 Å². The average Bonchev–Trinajstić information content (AvgIpc) is 2.81. The first kappa shape index (κ1) is 11.7. The molecule has 0 amide bonds. The highest BCUT2D eigenvalue weighted by Gasteiger charge is 2.05. The van der Waals surface area contributed by atoms with Gasteiger partial charge in [0.2, 0.25) is 0 Å². The molecule has 0 radical (unpaired) electrons. The summed E-state index contributed by atoms with van der Waals surface area (Å²) >= 11 is 0. The van der Waals surface area contributed by atoms with E-state index in [0.717, 1.165) is 11.2 Å². The summed E-state index contributed by atoms with van der Waals surface area (Å²) < 4.78 is 31.9. The Bertz CT molecular complexity index is 721. The van der Waals surface area contributed by atoms with E-state index in [4.69, 9.17) is 4.74 Å². The van der Waals surface area contributed by atoms with Crippen LogP contribution in [0.25, 0.3) is 10.9 Å². The van der Waals surface area contributed by atoms with Crippen LogP contribution in [0.15, 0.2) is 48.5 Å². The molecule has 4 heteroatoms. The largest absolute Gasteiger partial charge is 0.487 e. The van der Waals surface area contributed by atoms with Crippen molar-refractivity contribution < 1.29 is 13.5 Å². The van der Waals surface area contributed by atoms with Crippen molar-refractivity contribution in [1.29, 1.82) is 0 Å². The molecule has 2 nitrogen and oxygen atoms in total. The van der Waals surface area contributed by atoms with Crippen LogP contribution in [-0.2, 0) is 6.61 Å². The second kappa shape index (κ2) is 4.72. The number of H-pyrrole nitrogens is 1. The number of hydrogen-bond acceptors (Lipinski definition) is 1. The van der Waals surface area contributed by atoms with Gasteiger partial charge in [-0.25, -0.2) is 8.78 Å². The third kappa shape index (κ3) is 2.42. The van der Waals surface area contributed by atoms with E-state index in [2.05, 4.69) is 4.98 Å². The van der Waals surface area contributed by atoms with Crippen molar-refractivity contribution in [2.75, 3.05) is 0 Å². The zero-order valence-corrected chi connectivity index (χ0v) is 9.99. The van der Waals surface area contributed by atoms with Gasteiger partial charge in [-0.1, -0.05) is 12.1 Å². The molecule has 0 saturated heterocycles. The number of aromatic amines is 1. The first-order valence-electron chi connectivity index (χ1n) is 5.87. The van der Waals surface area contributed by atoms with Crippen molar-refractivity contribution in [3.63, 3.8) is 0 Å². The van der Waals surface area contributed by atoms with Gasteiger partial charge >= 0.3 is 0 Å². The predicted octanol–water partition coefficient (Wildman–Crippen LogP) is 4.03. The van der Waals surface area contributed by atoms with Crippen LogP contribution in [0.4, 0.5) is 8.78 Å². The number of ether oxygens (including phenoxy) is 1. The Labute approximate surface area is 108 Å². The molecule has 1 heterocycles. The van der Waals surface area contributed by atoms with Gasteiger partial charge in [-0.2, -0.15) is 0 Å². The van der Waals surface area contributed by atoms with Gasteiger partial charge in [-0.05, 0) is 30.3 Å². The highest BCUT2D eigenvalue weighted by Crippen LogP contribution is 2.20. The Kier molecular flexibility index (Phi) is 2.91. The number of rotatable bonds is 3. The summed E-state index contributed by atoms with van der Waals surface area (Å²) in [5.41, 5.74) is 1.46. The van der Waals surface area contributed by atoms with Crippen LogP contribution in [0.1, 0.15) is 5.69 Å². The maximum atomic E-state index is 13.5. The molecule has 0 aliphatic carbocycles. The Morgan fingerprint density at radius 2 is 1.84 bits per heavy atom. The van der Waals surface area contributed by atoms with E-state index in [0.29, 0.717) is 11.1 Å². The lowest BCUT2D eigenvalue weighted by Crippen LogP contribution is -1.95. The summed E-state index contributed by atoms with van der Waals surface area (Å²) in [5, 5.41) is 0.528. The number of halogens is 2. The summed E-state index contributed by atoms with van der Waals surface area (Å²) in [4.78, 5) is 3.06. The van der Waals surface area contributed by atoms with Gasteiger partial charge < -0.3 is 9.72 Å². The minimum atomic E-state index is -0.347. The van der Waals surface area contributed by atoms with Gasteiger partial charge in [0.05, 0.1) is 5.69 Å². The van der Waals surface area contributed by atoms with E-state index < -0.39 is 0 Å². The molecule has 0 unspecified atom stereocenters. The second-order valence-electron chi connectivity index (χ2n) is 4.24. The van der Waals surface area contributed by atoms with Crippen LogP contribution in [0, 0.1) is 11.6 Å². The molecule has 19 heavy (non-hydrogen) atoms. The maximum absolute atomic E-state index is 13.5. The molecular formula is C15H11F2NO. The van der Waals surface area contributed by atoms with Crippen LogP contribution in [0.3, 0.4) is 0 Å². The minimum Gasteiger partial charge on any atom is -0.487 e. The maximum Gasteiger partial charge on any atom is 0.132 e. The lowest BCUT2D eigenvalue weighted by molar-refractivity contribution is 0.301. The third-order valence-electron chi connectivity index (χ3n) is 2.86. The molecule has 96 valence electrons. The number of fused-ring (bicyclic) bond motifs is 1. The van der Waals surface area contributed by atoms with Crippen molar-refractivity contribution in [3.8, 4) is 5.75 Å². The molecule has 3 aromatic rings. The fourth-order valence-corrected chi connectivity index (χ4v) is 1.97. The molecule has 1 N–H and O–H groups in total. The van der Waals surface area contributed by atoms with Crippen LogP contribution >= 0.6 is 0 Å². The second-order valence-corrected chi connectivity index (χ2v) is 4.24. The highest BCUT2D eigenvalue weighted by molar-refractivity contribution is 5.80. The summed E-state index contributed by atoms with van der Waals surface area (Å²) in [6, 6.07) is 12.5. The quantitative estimate of drug-likeness (QED) is 0.754. The highest BCUT2D eigenvalue weighted by atomic mass is 19.1. The monoisotopic (exact) mass is 259 g/mol. The standard InChI is InChI=1S/C15H11F2NO/c16-10-3-1-4-12(7-10)19-9-11-8-13-14(17)5-2-6-15(13)18-11/h1-8,18H,9H2. The summed E-state index contributed by atoms with van der Waals surface area (Å²) in [7, 11) is 0. The predicted molar refractivity (Wildman–Crippen MR) is 69.0 cm³/mol. The van der Waals surface area contributed by atoms with Crippen LogP contribution in [0.2, 0.25) is 0 Å². The molecule has 3 rings (SSSR count). The smallest absolute Gasteiger partial charge is 0.132 e. The van der Waals surface area contributed by atoms with Crippen LogP contribution < -0.4 is 4.74 Å². The molecule has 0 atom stereocenters. The Hall–Kier alpha value is -2.36. The third-order valence-corrected chi connectivity index (χ3v) is 2.86. The summed E-state index contributed by atoms with van der Waals surface area (Å²) in [6.45, 7) is 0.234. The minimum absolute atomic E-state index is 0.234. The van der Waals surface area contributed by atoms with Gasteiger partial charge in [0, 0.05) is 17.0 Å². The van der Waals surface area contributed by atoms with Gasteiger partial charge in [0.15, 0.2) is 0 Å². The number of benzene rings is 2. The van der Waals surface area contributed by atoms with Crippen molar-refractivity contribution in [2.45, 2.75) is 6.61 Å². The molecule has 2 aromatic carbocycles. The van der Waals surface area contributed by atoms with E-state index in [1.807, 2.05) is 0 Å². The lowest BCUT2D eigenvalue weighted by Gasteiger charge is -2.04. The number of nitrogens with one attached hydrogen (secondary N) is 1. The zero-order chi connectivity index (χ0) is 13.2. The lowest BCUT2D eigenvalue weighted by atomic mass is 10.2. The van der Waals surface area contributed by atoms with Crippen molar-refractivity contribution in [3.05, 3.63) is 65.9 Å². The number of aromatic nitrogens is 1. The van der Waals surface area contributed by atoms with E-state index >= 15 is 0 Å². The van der Waals surface area contributed by atoms with E-state index in [1.54, 1.807) is 30.3 Å². The van der Waals surface area contributed by atoms with Gasteiger partial charge in [-0.3, -0.25) is 0 Å². The topological polar surface area (TPSA) is 25.0 Å². The molecule has 0 aliphatic heterocycles. The van der Waals surface area contributed by atoms with Gasteiger partial charge in [-0.15, -0.1) is 0 Å². The number of hydrogen-bond donors (Lipinski definition) is 1. The summed E-state index contributed by atoms with van der Waals surface area (Å²) in [5.74, 6) is -0.176. The fraction of sp³-hybridized carbons (Fsp3) is 0.0667. The molecule has 0 bridgehead atoms. The molecule has 0 saturated carbocycles. The fourth-order valence-electron chi connectivity index (χ4n) is 1.97.